The van der Waals surface area contributed by atoms with E-state index < -0.39 is 0 Å². The molecule has 0 atom stereocenters. The van der Waals surface area contributed by atoms with Crippen molar-refractivity contribution in [2.45, 2.75) is 26.2 Å². The molecule has 0 saturated carbocycles. The predicted molar refractivity (Wildman–Crippen MR) is 82.7 cm³/mol. The smallest absolute Gasteiger partial charge is 0.239 e. The fourth-order valence-corrected chi connectivity index (χ4v) is 1.60. The van der Waals surface area contributed by atoms with Gasteiger partial charge in [-0.2, -0.15) is 0 Å². The van der Waals surface area contributed by atoms with Crippen LogP contribution in [0.15, 0.2) is 24.3 Å². The number of nitrogens with one attached hydrogen (secondary N) is 2. The molecular weight excluding hydrogens is 278 g/mol. The summed E-state index contributed by atoms with van der Waals surface area (Å²) < 4.78 is 0. The average molecular weight is 300 g/mol. The molecule has 6 heteroatoms. The van der Waals surface area contributed by atoms with Crippen molar-refractivity contribution < 1.29 is 9.59 Å². The van der Waals surface area contributed by atoms with Crippen LogP contribution < -0.4 is 16.4 Å². The molecule has 0 spiro atoms. The summed E-state index contributed by atoms with van der Waals surface area (Å²) in [6.07, 6.45) is 1.79. The standard InChI is InChI=1S/C14H21N3O2.ClH/c1-2-9-16-14(19)10-17-13(18)8-7-11-5-3-4-6-12(11)15;/h3-6H,2,7-10,15H2,1H3,(H,16,19)(H,17,18);1H. The maximum absolute atomic E-state index is 11.6. The van der Waals surface area contributed by atoms with E-state index in [1.165, 1.54) is 0 Å². The third-order valence-corrected chi connectivity index (χ3v) is 2.69. The van der Waals surface area contributed by atoms with Gasteiger partial charge in [-0.25, -0.2) is 0 Å². The van der Waals surface area contributed by atoms with Crippen molar-refractivity contribution in [2.75, 3.05) is 18.8 Å². The summed E-state index contributed by atoms with van der Waals surface area (Å²) in [7, 11) is 0. The molecule has 0 aromatic heterocycles. The summed E-state index contributed by atoms with van der Waals surface area (Å²) in [6, 6.07) is 7.46. The lowest BCUT2D eigenvalue weighted by Crippen LogP contribution is -2.37. The van der Waals surface area contributed by atoms with Crippen LogP contribution in [0.3, 0.4) is 0 Å². The van der Waals surface area contributed by atoms with Crippen molar-refractivity contribution >= 4 is 29.9 Å². The number of anilines is 1. The first-order chi connectivity index (χ1) is 9.13. The lowest BCUT2D eigenvalue weighted by atomic mass is 10.1. The molecule has 0 aliphatic rings. The van der Waals surface area contributed by atoms with Gasteiger partial charge >= 0.3 is 0 Å². The third-order valence-electron chi connectivity index (χ3n) is 2.69. The van der Waals surface area contributed by atoms with E-state index in [0.717, 1.165) is 12.0 Å². The lowest BCUT2D eigenvalue weighted by Gasteiger charge is -2.07. The number of hydrogen-bond acceptors (Lipinski definition) is 3. The van der Waals surface area contributed by atoms with Crippen LogP contribution in [0.4, 0.5) is 5.69 Å². The maximum atomic E-state index is 11.6. The number of amides is 2. The summed E-state index contributed by atoms with van der Waals surface area (Å²) in [6.45, 7) is 2.64. The first kappa shape index (κ1) is 18.2. The van der Waals surface area contributed by atoms with E-state index in [1.54, 1.807) is 0 Å². The molecule has 112 valence electrons. The van der Waals surface area contributed by atoms with E-state index in [0.29, 0.717) is 25.1 Å². The zero-order valence-electron chi connectivity index (χ0n) is 11.6. The van der Waals surface area contributed by atoms with Gasteiger partial charge in [0.1, 0.15) is 0 Å². The first-order valence-corrected chi connectivity index (χ1v) is 6.50. The molecule has 0 bridgehead atoms. The first-order valence-electron chi connectivity index (χ1n) is 6.50. The number of benzene rings is 1. The number of halogens is 1. The molecule has 0 saturated heterocycles. The van der Waals surface area contributed by atoms with Gasteiger partial charge in [0.25, 0.3) is 0 Å². The number of para-hydroxylation sites is 1. The highest BCUT2D eigenvalue weighted by atomic mass is 35.5. The van der Waals surface area contributed by atoms with E-state index in [2.05, 4.69) is 10.6 Å². The quantitative estimate of drug-likeness (QED) is 0.663. The van der Waals surface area contributed by atoms with Crippen molar-refractivity contribution in [2.24, 2.45) is 0 Å². The van der Waals surface area contributed by atoms with Gasteiger partial charge in [0.15, 0.2) is 0 Å². The number of aryl methyl sites for hydroxylation is 1. The fraction of sp³-hybridized carbons (Fsp3) is 0.429. The molecule has 1 aromatic carbocycles. The molecule has 4 N–H and O–H groups in total. The monoisotopic (exact) mass is 299 g/mol. The highest BCUT2D eigenvalue weighted by Crippen LogP contribution is 2.12. The van der Waals surface area contributed by atoms with Crippen molar-refractivity contribution in [1.29, 1.82) is 0 Å². The van der Waals surface area contributed by atoms with Crippen LogP contribution in [-0.2, 0) is 16.0 Å². The highest BCUT2D eigenvalue weighted by Gasteiger charge is 2.06. The Labute approximate surface area is 125 Å². The Bertz CT molecular complexity index is 438. The SMILES string of the molecule is CCCNC(=O)CNC(=O)CCc1ccccc1N.Cl. The average Bonchev–Trinajstić information content (AvgIpc) is 2.42. The molecule has 1 aromatic rings. The Morgan fingerprint density at radius 3 is 2.50 bits per heavy atom. The van der Waals surface area contributed by atoms with Crippen molar-refractivity contribution in [3.63, 3.8) is 0 Å². The molecule has 1 rings (SSSR count). The molecule has 0 fully saturated rings. The molecule has 0 aliphatic heterocycles. The summed E-state index contributed by atoms with van der Waals surface area (Å²) in [5.41, 5.74) is 7.43. The van der Waals surface area contributed by atoms with Gasteiger partial charge in [0, 0.05) is 18.7 Å². The number of carbonyl (C=O) groups excluding carboxylic acids is 2. The predicted octanol–water partition coefficient (Wildman–Crippen LogP) is 1.27. The van der Waals surface area contributed by atoms with Crippen LogP contribution in [-0.4, -0.2) is 24.9 Å². The van der Waals surface area contributed by atoms with Gasteiger partial charge < -0.3 is 16.4 Å². The van der Waals surface area contributed by atoms with Crippen LogP contribution in [0.1, 0.15) is 25.3 Å². The van der Waals surface area contributed by atoms with E-state index >= 15 is 0 Å². The molecule has 0 unspecified atom stereocenters. The van der Waals surface area contributed by atoms with Gasteiger partial charge in [-0.1, -0.05) is 25.1 Å². The van der Waals surface area contributed by atoms with Crippen LogP contribution in [0.25, 0.3) is 0 Å². The van der Waals surface area contributed by atoms with E-state index in [9.17, 15) is 9.59 Å². The number of hydrogen-bond donors (Lipinski definition) is 3. The van der Waals surface area contributed by atoms with Gasteiger partial charge in [-0.3, -0.25) is 9.59 Å². The van der Waals surface area contributed by atoms with Crippen LogP contribution in [0.2, 0.25) is 0 Å². The lowest BCUT2D eigenvalue weighted by molar-refractivity contribution is -0.126. The second-order valence-electron chi connectivity index (χ2n) is 4.33. The van der Waals surface area contributed by atoms with Gasteiger partial charge in [0.2, 0.25) is 11.8 Å². The minimum atomic E-state index is -0.158. The minimum Gasteiger partial charge on any atom is -0.399 e. The van der Waals surface area contributed by atoms with Gasteiger partial charge in [0.05, 0.1) is 6.54 Å². The summed E-state index contributed by atoms with van der Waals surface area (Å²) in [5.74, 6) is -0.302. The van der Waals surface area contributed by atoms with Gasteiger partial charge in [-0.15, -0.1) is 12.4 Å². The Morgan fingerprint density at radius 2 is 1.85 bits per heavy atom. The molecule has 0 heterocycles. The Morgan fingerprint density at radius 1 is 1.15 bits per heavy atom. The van der Waals surface area contributed by atoms with Crippen molar-refractivity contribution in [3.8, 4) is 0 Å². The van der Waals surface area contributed by atoms with Crippen LogP contribution in [0, 0.1) is 0 Å². The summed E-state index contributed by atoms with van der Waals surface area (Å²) >= 11 is 0. The molecule has 2 amide bonds. The maximum Gasteiger partial charge on any atom is 0.239 e. The fourth-order valence-electron chi connectivity index (χ4n) is 1.60. The summed E-state index contributed by atoms with van der Waals surface area (Å²) in [5, 5.41) is 5.29. The zero-order valence-corrected chi connectivity index (χ0v) is 12.5. The Hall–Kier alpha value is -1.75. The highest BCUT2D eigenvalue weighted by molar-refractivity contribution is 5.85. The number of rotatable bonds is 7. The summed E-state index contributed by atoms with van der Waals surface area (Å²) in [4.78, 5) is 22.9. The van der Waals surface area contributed by atoms with E-state index in [1.807, 2.05) is 31.2 Å². The molecule has 0 aliphatic carbocycles. The molecular formula is C14H22ClN3O2. The van der Waals surface area contributed by atoms with E-state index in [-0.39, 0.29) is 30.8 Å². The van der Waals surface area contributed by atoms with Crippen molar-refractivity contribution in [3.05, 3.63) is 29.8 Å². The molecule has 0 radical (unpaired) electrons. The normalized spacial score (nSPS) is 9.45. The largest absolute Gasteiger partial charge is 0.399 e. The van der Waals surface area contributed by atoms with E-state index in [4.69, 9.17) is 5.73 Å². The number of carbonyl (C=O) groups is 2. The number of nitrogens with two attached hydrogens (primary N) is 1. The van der Waals surface area contributed by atoms with Gasteiger partial charge in [-0.05, 0) is 24.5 Å². The van der Waals surface area contributed by atoms with Crippen LogP contribution >= 0.6 is 12.4 Å². The molecule has 5 nitrogen and oxygen atoms in total. The van der Waals surface area contributed by atoms with Crippen molar-refractivity contribution in [1.82, 2.24) is 10.6 Å². The minimum absolute atomic E-state index is 0. The molecule has 20 heavy (non-hydrogen) atoms. The third kappa shape index (κ3) is 6.99. The second-order valence-corrected chi connectivity index (χ2v) is 4.33. The zero-order chi connectivity index (χ0) is 14.1. The number of nitrogen functional groups attached to an aromatic ring is 1. The Kier molecular flexibility index (Phi) is 9.20. The Balaban J connectivity index is 0.00000361. The topological polar surface area (TPSA) is 84.2 Å². The second kappa shape index (κ2) is 10.1. The van der Waals surface area contributed by atoms with Crippen LogP contribution in [0.5, 0.6) is 0 Å².